The molecule has 2 aliphatic rings. The standard InChI is InChI=1S/C15H22N2O2/c16-12-3-1-11(2-4-12)10-17-13-5-6-14-15(9-13)19-8-7-18-14/h5-6,9,11-12,17H,1-4,7-8,10,16H2/t11-,12-. The Kier molecular flexibility index (Phi) is 3.78. The molecule has 3 rings (SSSR count). The predicted molar refractivity (Wildman–Crippen MR) is 75.9 cm³/mol. The Morgan fingerprint density at radius 2 is 1.79 bits per heavy atom. The Morgan fingerprint density at radius 1 is 1.05 bits per heavy atom. The van der Waals surface area contributed by atoms with Gasteiger partial charge in [-0.1, -0.05) is 0 Å². The van der Waals surface area contributed by atoms with Crippen LogP contribution in [0, 0.1) is 5.92 Å². The summed E-state index contributed by atoms with van der Waals surface area (Å²) in [6.45, 7) is 2.30. The minimum Gasteiger partial charge on any atom is -0.486 e. The van der Waals surface area contributed by atoms with Crippen LogP contribution in [0.25, 0.3) is 0 Å². The summed E-state index contributed by atoms with van der Waals surface area (Å²) in [5.41, 5.74) is 7.04. The molecule has 3 N–H and O–H groups in total. The van der Waals surface area contributed by atoms with E-state index in [9.17, 15) is 0 Å². The van der Waals surface area contributed by atoms with Crippen LogP contribution in [0.3, 0.4) is 0 Å². The number of benzene rings is 1. The fourth-order valence-electron chi connectivity index (χ4n) is 2.81. The van der Waals surface area contributed by atoms with Crippen molar-refractivity contribution in [2.75, 3.05) is 25.1 Å². The highest BCUT2D eigenvalue weighted by Gasteiger charge is 2.18. The number of fused-ring (bicyclic) bond motifs is 1. The maximum absolute atomic E-state index is 5.93. The van der Waals surface area contributed by atoms with E-state index in [2.05, 4.69) is 11.4 Å². The largest absolute Gasteiger partial charge is 0.486 e. The van der Waals surface area contributed by atoms with Crippen molar-refractivity contribution in [3.05, 3.63) is 18.2 Å². The molecule has 0 bridgehead atoms. The van der Waals surface area contributed by atoms with Crippen molar-refractivity contribution in [2.45, 2.75) is 31.7 Å². The van der Waals surface area contributed by atoms with E-state index >= 15 is 0 Å². The fraction of sp³-hybridized carbons (Fsp3) is 0.600. The van der Waals surface area contributed by atoms with E-state index in [1.54, 1.807) is 0 Å². The molecule has 1 fully saturated rings. The first-order valence-electron chi connectivity index (χ1n) is 7.20. The van der Waals surface area contributed by atoms with E-state index in [4.69, 9.17) is 15.2 Å². The fourth-order valence-corrected chi connectivity index (χ4v) is 2.81. The Morgan fingerprint density at radius 3 is 2.58 bits per heavy atom. The molecule has 0 saturated heterocycles. The molecule has 19 heavy (non-hydrogen) atoms. The van der Waals surface area contributed by atoms with Crippen molar-refractivity contribution >= 4 is 5.69 Å². The van der Waals surface area contributed by atoms with Crippen LogP contribution in [-0.2, 0) is 0 Å². The molecule has 0 unspecified atom stereocenters. The second-order valence-electron chi connectivity index (χ2n) is 5.52. The van der Waals surface area contributed by atoms with E-state index < -0.39 is 0 Å². The molecule has 0 radical (unpaired) electrons. The molecule has 1 aliphatic carbocycles. The van der Waals surface area contributed by atoms with Crippen molar-refractivity contribution in [2.24, 2.45) is 11.7 Å². The first-order valence-corrected chi connectivity index (χ1v) is 7.20. The van der Waals surface area contributed by atoms with Crippen LogP contribution >= 0.6 is 0 Å². The second-order valence-corrected chi connectivity index (χ2v) is 5.52. The Labute approximate surface area is 114 Å². The average molecular weight is 262 g/mol. The molecule has 4 nitrogen and oxygen atoms in total. The van der Waals surface area contributed by atoms with E-state index in [0.717, 1.165) is 42.5 Å². The average Bonchev–Trinajstić information content (AvgIpc) is 2.46. The summed E-state index contributed by atoms with van der Waals surface area (Å²) in [5.74, 6) is 2.44. The summed E-state index contributed by atoms with van der Waals surface area (Å²) in [7, 11) is 0. The number of ether oxygens (including phenoxy) is 2. The molecule has 1 aliphatic heterocycles. The van der Waals surface area contributed by atoms with Gasteiger partial charge in [-0.25, -0.2) is 0 Å². The molecule has 0 spiro atoms. The monoisotopic (exact) mass is 262 g/mol. The van der Waals surface area contributed by atoms with E-state index in [-0.39, 0.29) is 0 Å². The Hall–Kier alpha value is -1.42. The van der Waals surface area contributed by atoms with Crippen molar-refractivity contribution in [1.82, 2.24) is 0 Å². The number of hydrogen-bond donors (Lipinski definition) is 2. The summed E-state index contributed by atoms with van der Waals surface area (Å²) in [6.07, 6.45) is 4.79. The first kappa shape index (κ1) is 12.6. The SMILES string of the molecule is N[C@H]1CC[C@H](CNc2ccc3c(c2)OCCO3)CC1. The van der Waals surface area contributed by atoms with Crippen LogP contribution in [0.5, 0.6) is 11.5 Å². The summed E-state index contributed by atoms with van der Waals surface area (Å²) in [5, 5.41) is 3.50. The molecule has 0 aromatic heterocycles. The van der Waals surface area contributed by atoms with Crippen molar-refractivity contribution < 1.29 is 9.47 Å². The zero-order chi connectivity index (χ0) is 13.1. The smallest absolute Gasteiger partial charge is 0.163 e. The number of hydrogen-bond acceptors (Lipinski definition) is 4. The summed E-state index contributed by atoms with van der Waals surface area (Å²) < 4.78 is 11.1. The maximum Gasteiger partial charge on any atom is 0.163 e. The van der Waals surface area contributed by atoms with Crippen molar-refractivity contribution in [3.63, 3.8) is 0 Å². The zero-order valence-electron chi connectivity index (χ0n) is 11.2. The summed E-state index contributed by atoms with van der Waals surface area (Å²) >= 11 is 0. The molecule has 1 heterocycles. The van der Waals surface area contributed by atoms with Gasteiger partial charge in [-0.3, -0.25) is 0 Å². The predicted octanol–water partition coefficient (Wildman–Crippen LogP) is 2.39. The third-order valence-electron chi connectivity index (χ3n) is 4.03. The molecular formula is C15H22N2O2. The highest BCUT2D eigenvalue weighted by molar-refractivity contribution is 5.55. The van der Waals surface area contributed by atoms with Crippen LogP contribution in [0.2, 0.25) is 0 Å². The molecule has 1 aromatic rings. The lowest BCUT2D eigenvalue weighted by Gasteiger charge is -2.26. The molecule has 1 aromatic carbocycles. The quantitative estimate of drug-likeness (QED) is 0.878. The first-order chi connectivity index (χ1) is 9.31. The van der Waals surface area contributed by atoms with Gasteiger partial charge in [-0.05, 0) is 43.7 Å². The Balaban J connectivity index is 1.55. The number of anilines is 1. The van der Waals surface area contributed by atoms with Crippen LogP contribution in [0.1, 0.15) is 25.7 Å². The minimum absolute atomic E-state index is 0.422. The van der Waals surface area contributed by atoms with Crippen molar-refractivity contribution in [1.29, 1.82) is 0 Å². The number of nitrogens with one attached hydrogen (secondary N) is 1. The second kappa shape index (κ2) is 5.70. The third kappa shape index (κ3) is 3.13. The van der Waals surface area contributed by atoms with Crippen molar-refractivity contribution in [3.8, 4) is 11.5 Å². The summed E-state index contributed by atoms with van der Waals surface area (Å²) in [6, 6.07) is 6.49. The third-order valence-corrected chi connectivity index (χ3v) is 4.03. The van der Waals surface area contributed by atoms with Gasteiger partial charge in [-0.15, -0.1) is 0 Å². The highest BCUT2D eigenvalue weighted by atomic mass is 16.6. The van der Waals surface area contributed by atoms with Gasteiger partial charge in [-0.2, -0.15) is 0 Å². The van der Waals surface area contributed by atoms with E-state index in [1.807, 2.05) is 12.1 Å². The molecule has 104 valence electrons. The molecule has 1 saturated carbocycles. The van der Waals surface area contributed by atoms with Gasteiger partial charge in [0, 0.05) is 24.3 Å². The summed E-state index contributed by atoms with van der Waals surface area (Å²) in [4.78, 5) is 0. The zero-order valence-corrected chi connectivity index (χ0v) is 11.2. The van der Waals surface area contributed by atoms with E-state index in [1.165, 1.54) is 12.8 Å². The lowest BCUT2D eigenvalue weighted by molar-refractivity contribution is 0.171. The van der Waals surface area contributed by atoms with Crippen LogP contribution in [-0.4, -0.2) is 25.8 Å². The van der Waals surface area contributed by atoms with Crippen LogP contribution < -0.4 is 20.5 Å². The van der Waals surface area contributed by atoms with Gasteiger partial charge in [0.1, 0.15) is 13.2 Å². The molecular weight excluding hydrogens is 240 g/mol. The number of rotatable bonds is 3. The maximum atomic E-state index is 5.93. The van der Waals surface area contributed by atoms with Gasteiger partial charge in [0.2, 0.25) is 0 Å². The molecule has 4 heteroatoms. The van der Waals surface area contributed by atoms with E-state index in [0.29, 0.717) is 19.3 Å². The normalized spacial score (nSPS) is 25.9. The van der Waals surface area contributed by atoms with Gasteiger partial charge in [0.05, 0.1) is 0 Å². The Bertz CT molecular complexity index is 428. The highest BCUT2D eigenvalue weighted by Crippen LogP contribution is 2.33. The van der Waals surface area contributed by atoms with Crippen LogP contribution in [0.15, 0.2) is 18.2 Å². The van der Waals surface area contributed by atoms with Gasteiger partial charge in [0.15, 0.2) is 11.5 Å². The number of nitrogens with two attached hydrogens (primary N) is 1. The van der Waals surface area contributed by atoms with Gasteiger partial charge in [0.25, 0.3) is 0 Å². The lowest BCUT2D eigenvalue weighted by Crippen LogP contribution is -2.29. The van der Waals surface area contributed by atoms with Gasteiger partial charge >= 0.3 is 0 Å². The molecule has 0 amide bonds. The molecule has 0 atom stereocenters. The topological polar surface area (TPSA) is 56.5 Å². The van der Waals surface area contributed by atoms with Crippen LogP contribution in [0.4, 0.5) is 5.69 Å². The minimum atomic E-state index is 0.422. The van der Waals surface area contributed by atoms with Gasteiger partial charge < -0.3 is 20.5 Å². The lowest BCUT2D eigenvalue weighted by atomic mass is 9.86.